The van der Waals surface area contributed by atoms with Crippen molar-refractivity contribution in [3.8, 4) is 0 Å². The van der Waals surface area contributed by atoms with Gasteiger partial charge >= 0.3 is 11.9 Å². The minimum atomic E-state index is -1.29. The molecule has 2 bridgehead atoms. The summed E-state index contributed by atoms with van der Waals surface area (Å²) >= 11 is 0. The van der Waals surface area contributed by atoms with Crippen LogP contribution in [0.15, 0.2) is 11.6 Å². The molecule has 0 aromatic rings. The second-order valence-electron chi connectivity index (χ2n) is 8.53. The fraction of sp³-hybridized carbons (Fsp3) is 0.789. The largest absolute Gasteiger partial charge is 0.455 e. The Morgan fingerprint density at radius 1 is 1.24 bits per heavy atom. The molecule has 2 aliphatic carbocycles. The molecule has 4 aliphatic rings. The lowest BCUT2D eigenvalue weighted by Gasteiger charge is -2.59. The van der Waals surface area contributed by atoms with Crippen LogP contribution in [0.1, 0.15) is 53.9 Å². The van der Waals surface area contributed by atoms with Crippen molar-refractivity contribution in [2.24, 2.45) is 10.8 Å². The van der Waals surface area contributed by atoms with Crippen molar-refractivity contribution >= 4 is 11.9 Å². The topological polar surface area (TPSA) is 74.4 Å². The summed E-state index contributed by atoms with van der Waals surface area (Å²) in [6, 6.07) is 0. The third-order valence-electron chi connectivity index (χ3n) is 7.11. The predicted octanol–water partition coefficient (Wildman–Crippen LogP) is 2.50. The smallest absolute Gasteiger partial charge is 0.305 e. The van der Waals surface area contributed by atoms with Gasteiger partial charge in [-0.1, -0.05) is 25.5 Å². The van der Waals surface area contributed by atoms with Gasteiger partial charge in [-0.2, -0.15) is 0 Å². The highest BCUT2D eigenvalue weighted by molar-refractivity contribution is 5.68. The van der Waals surface area contributed by atoms with E-state index < -0.39 is 34.8 Å². The Labute approximate surface area is 147 Å². The molecule has 1 saturated carbocycles. The van der Waals surface area contributed by atoms with Crippen LogP contribution >= 0.6 is 0 Å². The van der Waals surface area contributed by atoms with E-state index in [0.29, 0.717) is 13.0 Å². The van der Waals surface area contributed by atoms with Crippen molar-refractivity contribution in [2.45, 2.75) is 77.5 Å². The van der Waals surface area contributed by atoms with Crippen molar-refractivity contribution in [1.82, 2.24) is 0 Å². The Morgan fingerprint density at radius 2 is 1.92 bits per heavy atom. The van der Waals surface area contributed by atoms with Gasteiger partial charge in [0.05, 0.1) is 18.1 Å². The van der Waals surface area contributed by atoms with E-state index in [1.54, 1.807) is 0 Å². The zero-order valence-electron chi connectivity index (χ0n) is 15.5. The Morgan fingerprint density at radius 3 is 2.48 bits per heavy atom. The van der Waals surface area contributed by atoms with Crippen LogP contribution in [0.5, 0.6) is 0 Å². The third-order valence-corrected chi connectivity index (χ3v) is 7.11. The first-order valence-corrected chi connectivity index (χ1v) is 8.94. The molecule has 2 saturated heterocycles. The number of fused-ring (bicyclic) bond motifs is 5. The van der Waals surface area contributed by atoms with Crippen molar-refractivity contribution < 1.29 is 28.5 Å². The van der Waals surface area contributed by atoms with Crippen molar-refractivity contribution in [3.63, 3.8) is 0 Å². The zero-order chi connectivity index (χ0) is 18.3. The Bertz CT molecular complexity index is 679. The van der Waals surface area contributed by atoms with Crippen LogP contribution in [0.3, 0.4) is 0 Å². The number of ether oxygens (including phenoxy) is 4. The molecule has 0 amide bonds. The Kier molecular flexibility index (Phi) is 3.31. The number of rotatable bonds is 2. The lowest BCUT2D eigenvalue weighted by Crippen LogP contribution is -2.67. The van der Waals surface area contributed by atoms with E-state index in [2.05, 4.69) is 26.8 Å². The van der Waals surface area contributed by atoms with Gasteiger partial charge in [0, 0.05) is 25.7 Å². The predicted molar refractivity (Wildman–Crippen MR) is 87.4 cm³/mol. The highest BCUT2D eigenvalue weighted by Crippen LogP contribution is 2.74. The number of carbonyl (C=O) groups excluding carboxylic acids is 2. The second kappa shape index (κ2) is 4.86. The number of hydrogen-bond acceptors (Lipinski definition) is 6. The maximum Gasteiger partial charge on any atom is 0.305 e. The Balaban J connectivity index is 1.90. The van der Waals surface area contributed by atoms with Gasteiger partial charge in [0.1, 0.15) is 5.60 Å². The zero-order valence-corrected chi connectivity index (χ0v) is 15.5. The number of esters is 2. The molecule has 1 unspecified atom stereocenters. The van der Waals surface area contributed by atoms with E-state index in [1.165, 1.54) is 19.4 Å². The van der Waals surface area contributed by atoms with Crippen LogP contribution in [0, 0.1) is 10.8 Å². The highest BCUT2D eigenvalue weighted by atomic mass is 16.8. The van der Waals surface area contributed by atoms with E-state index in [-0.39, 0.29) is 11.5 Å². The fourth-order valence-electron chi connectivity index (χ4n) is 5.55. The fourth-order valence-corrected chi connectivity index (χ4v) is 5.55. The first-order chi connectivity index (χ1) is 11.6. The maximum absolute atomic E-state index is 11.9. The van der Waals surface area contributed by atoms with Crippen LogP contribution in [-0.4, -0.2) is 42.1 Å². The first-order valence-electron chi connectivity index (χ1n) is 8.94. The molecule has 0 N–H and O–H groups in total. The monoisotopic (exact) mass is 350 g/mol. The molecular formula is C19H26O6. The van der Waals surface area contributed by atoms with Gasteiger partial charge in [-0.15, -0.1) is 0 Å². The quantitative estimate of drug-likeness (QED) is 0.433. The van der Waals surface area contributed by atoms with Gasteiger partial charge in [0.15, 0.2) is 6.10 Å². The van der Waals surface area contributed by atoms with Crippen molar-refractivity contribution in [1.29, 1.82) is 0 Å². The van der Waals surface area contributed by atoms with Gasteiger partial charge in [0.25, 0.3) is 5.79 Å². The number of epoxide rings is 1. The number of carbonyl (C=O) groups is 2. The number of allylic oxidation sites excluding steroid dienone is 1. The molecular weight excluding hydrogens is 324 g/mol. The lowest BCUT2D eigenvalue weighted by molar-refractivity contribution is -0.338. The van der Waals surface area contributed by atoms with Gasteiger partial charge < -0.3 is 18.9 Å². The van der Waals surface area contributed by atoms with E-state index in [0.717, 1.165) is 12.8 Å². The van der Waals surface area contributed by atoms with Crippen LogP contribution in [-0.2, 0) is 28.5 Å². The lowest BCUT2D eigenvalue weighted by atomic mass is 9.52. The molecule has 4 rings (SSSR count). The van der Waals surface area contributed by atoms with E-state index in [4.69, 9.17) is 18.9 Å². The summed E-state index contributed by atoms with van der Waals surface area (Å²) in [5.74, 6) is -2.14. The summed E-state index contributed by atoms with van der Waals surface area (Å²) in [6.07, 6.45) is 3.52. The van der Waals surface area contributed by atoms with Gasteiger partial charge in [-0.3, -0.25) is 9.59 Å². The molecule has 138 valence electrons. The molecule has 2 heterocycles. The molecule has 3 fully saturated rings. The minimum Gasteiger partial charge on any atom is -0.455 e. The first kappa shape index (κ1) is 17.0. The third kappa shape index (κ3) is 1.98. The van der Waals surface area contributed by atoms with Gasteiger partial charge in [-0.25, -0.2) is 0 Å². The van der Waals surface area contributed by atoms with Crippen LogP contribution < -0.4 is 0 Å². The van der Waals surface area contributed by atoms with Crippen LogP contribution in [0.4, 0.5) is 0 Å². The van der Waals surface area contributed by atoms with E-state index in [9.17, 15) is 9.59 Å². The summed E-state index contributed by atoms with van der Waals surface area (Å²) in [5, 5.41) is 0. The highest BCUT2D eigenvalue weighted by Gasteiger charge is 2.85. The minimum absolute atomic E-state index is 0.207. The van der Waals surface area contributed by atoms with Crippen molar-refractivity contribution in [3.05, 3.63) is 11.6 Å². The van der Waals surface area contributed by atoms with E-state index >= 15 is 0 Å². The van der Waals surface area contributed by atoms with E-state index in [1.807, 2.05) is 0 Å². The molecule has 25 heavy (non-hydrogen) atoms. The molecule has 6 heteroatoms. The van der Waals surface area contributed by atoms with Crippen LogP contribution in [0.25, 0.3) is 0 Å². The molecule has 0 aromatic carbocycles. The summed E-state index contributed by atoms with van der Waals surface area (Å²) in [4.78, 5) is 23.7. The molecule has 0 aromatic heterocycles. The maximum atomic E-state index is 11.9. The van der Waals surface area contributed by atoms with Gasteiger partial charge in [0.2, 0.25) is 0 Å². The number of hydrogen-bond donors (Lipinski definition) is 0. The average molecular weight is 350 g/mol. The molecule has 6 atom stereocenters. The standard InChI is InChI=1S/C19H26O6/c1-11-6-7-16(4)14(8-11)25-19(24-13(3)21)9-18(10-22-18)17(16,5)15(19)23-12(2)20/h8,14-15H,6-7,9-10H2,1-5H3/t14-,15?,16-,17-,18+,19+/m0/s1. The Hall–Kier alpha value is -1.40. The summed E-state index contributed by atoms with van der Waals surface area (Å²) in [5.41, 5.74) is 0.00973. The normalized spacial score (nSPS) is 50.0. The molecule has 6 nitrogen and oxygen atoms in total. The van der Waals surface area contributed by atoms with Gasteiger partial charge in [-0.05, 0) is 19.8 Å². The summed E-state index contributed by atoms with van der Waals surface area (Å²) in [7, 11) is 0. The summed E-state index contributed by atoms with van der Waals surface area (Å²) < 4.78 is 23.8. The van der Waals surface area contributed by atoms with Crippen LogP contribution in [0.2, 0.25) is 0 Å². The second-order valence-corrected chi connectivity index (χ2v) is 8.53. The molecule has 2 aliphatic heterocycles. The molecule has 1 spiro atoms. The SMILES string of the molecule is CC(=O)OC1[C@@]2(OC(C)=O)C[C@@]3(CO3)[C@]1(C)[C@@]1(C)CCC(C)=C[C@@H]1O2. The summed E-state index contributed by atoms with van der Waals surface area (Å²) in [6.45, 7) is 9.69. The molecule has 0 radical (unpaired) electrons. The van der Waals surface area contributed by atoms with Crippen molar-refractivity contribution in [2.75, 3.05) is 6.61 Å². The average Bonchev–Trinajstić information content (AvgIpc) is 3.23.